The Bertz CT molecular complexity index is 591. The second kappa shape index (κ2) is 5.69. The molecule has 2 rings (SSSR count). The van der Waals surface area contributed by atoms with Crippen molar-refractivity contribution in [2.75, 3.05) is 18.8 Å². The van der Waals surface area contributed by atoms with E-state index in [-0.39, 0.29) is 5.91 Å². The zero-order valence-electron chi connectivity index (χ0n) is 11.4. The molecule has 1 amide bonds. The second-order valence-corrected chi connectivity index (χ2v) is 4.46. The predicted octanol–water partition coefficient (Wildman–Crippen LogP) is 2.23. The first-order valence-corrected chi connectivity index (χ1v) is 6.57. The normalized spacial score (nSPS) is 10.6. The Morgan fingerprint density at radius 3 is 2.63 bits per heavy atom. The number of anilines is 1. The maximum atomic E-state index is 12.1. The number of rotatable bonds is 4. The van der Waals surface area contributed by atoms with E-state index in [1.807, 2.05) is 44.2 Å². The van der Waals surface area contributed by atoms with Crippen molar-refractivity contribution in [2.45, 2.75) is 20.3 Å². The fourth-order valence-electron chi connectivity index (χ4n) is 2.15. The largest absolute Gasteiger partial charge is 0.397 e. The molecule has 0 aliphatic heterocycles. The lowest BCUT2D eigenvalue weighted by Gasteiger charge is -2.18. The molecule has 100 valence electrons. The monoisotopic (exact) mass is 257 g/mol. The average molecular weight is 257 g/mol. The summed E-state index contributed by atoms with van der Waals surface area (Å²) in [6.45, 7) is 5.41. The number of para-hydroxylation sites is 1. The van der Waals surface area contributed by atoms with Gasteiger partial charge in [-0.05, 0) is 26.0 Å². The minimum Gasteiger partial charge on any atom is -0.397 e. The molecule has 0 fully saturated rings. The van der Waals surface area contributed by atoms with Crippen molar-refractivity contribution in [2.24, 2.45) is 0 Å². The first-order chi connectivity index (χ1) is 9.15. The van der Waals surface area contributed by atoms with Crippen molar-refractivity contribution in [3.63, 3.8) is 0 Å². The van der Waals surface area contributed by atoms with Crippen LogP contribution in [-0.4, -0.2) is 28.9 Å². The van der Waals surface area contributed by atoms with Crippen molar-refractivity contribution in [3.05, 3.63) is 36.0 Å². The molecule has 0 atom stereocenters. The lowest BCUT2D eigenvalue weighted by atomic mass is 10.1. The molecule has 0 aliphatic rings. The van der Waals surface area contributed by atoms with Crippen LogP contribution in [0.1, 0.15) is 19.5 Å². The number of nitrogen functional groups attached to an aromatic ring is 1. The second-order valence-electron chi connectivity index (χ2n) is 4.46. The number of fused-ring (bicyclic) bond motifs is 1. The fraction of sp³-hybridized carbons (Fsp3) is 0.333. The third-order valence-electron chi connectivity index (χ3n) is 3.26. The van der Waals surface area contributed by atoms with Crippen LogP contribution >= 0.6 is 0 Å². The lowest BCUT2D eigenvalue weighted by molar-refractivity contribution is -0.130. The van der Waals surface area contributed by atoms with E-state index in [9.17, 15) is 4.79 Å². The zero-order chi connectivity index (χ0) is 13.8. The molecule has 1 aromatic heterocycles. The van der Waals surface area contributed by atoms with Crippen LogP contribution in [0.15, 0.2) is 30.3 Å². The molecule has 0 unspecified atom stereocenters. The van der Waals surface area contributed by atoms with Gasteiger partial charge in [-0.1, -0.05) is 18.2 Å². The summed E-state index contributed by atoms with van der Waals surface area (Å²) >= 11 is 0. The Morgan fingerprint density at radius 2 is 1.95 bits per heavy atom. The van der Waals surface area contributed by atoms with Crippen molar-refractivity contribution < 1.29 is 4.79 Å². The van der Waals surface area contributed by atoms with E-state index in [1.54, 1.807) is 4.90 Å². The number of carbonyl (C=O) groups is 1. The number of aromatic nitrogens is 1. The van der Waals surface area contributed by atoms with Crippen LogP contribution in [0, 0.1) is 0 Å². The van der Waals surface area contributed by atoms with Gasteiger partial charge < -0.3 is 10.6 Å². The highest BCUT2D eigenvalue weighted by Crippen LogP contribution is 2.19. The number of carbonyl (C=O) groups excluding carboxylic acids is 1. The smallest absolute Gasteiger partial charge is 0.228 e. The highest BCUT2D eigenvalue weighted by Gasteiger charge is 2.11. The van der Waals surface area contributed by atoms with Crippen molar-refractivity contribution in [3.8, 4) is 0 Å². The number of hydrogen-bond donors (Lipinski definition) is 1. The van der Waals surface area contributed by atoms with Crippen LogP contribution in [0.25, 0.3) is 10.9 Å². The van der Waals surface area contributed by atoms with Gasteiger partial charge in [-0.2, -0.15) is 0 Å². The topological polar surface area (TPSA) is 59.2 Å². The van der Waals surface area contributed by atoms with Gasteiger partial charge in [-0.25, -0.2) is 0 Å². The van der Waals surface area contributed by atoms with Gasteiger partial charge in [-0.3, -0.25) is 9.78 Å². The summed E-state index contributed by atoms with van der Waals surface area (Å²) in [5.41, 5.74) is 8.09. The SMILES string of the molecule is CCN(CC)C(=O)Cc1ccc2cccc(N)c2n1. The van der Waals surface area contributed by atoms with Gasteiger partial charge in [-0.15, -0.1) is 0 Å². The van der Waals surface area contributed by atoms with Gasteiger partial charge in [0.2, 0.25) is 5.91 Å². The van der Waals surface area contributed by atoms with Crippen LogP contribution in [0.5, 0.6) is 0 Å². The van der Waals surface area contributed by atoms with Crippen molar-refractivity contribution in [1.82, 2.24) is 9.88 Å². The first kappa shape index (κ1) is 13.3. The molecule has 0 saturated carbocycles. The van der Waals surface area contributed by atoms with Crippen LogP contribution in [-0.2, 0) is 11.2 Å². The summed E-state index contributed by atoms with van der Waals surface area (Å²) in [5, 5.41) is 0.999. The van der Waals surface area contributed by atoms with Gasteiger partial charge in [0.05, 0.1) is 23.3 Å². The van der Waals surface area contributed by atoms with Crippen molar-refractivity contribution in [1.29, 1.82) is 0 Å². The molecule has 0 saturated heterocycles. The maximum absolute atomic E-state index is 12.1. The summed E-state index contributed by atoms with van der Waals surface area (Å²) in [6, 6.07) is 9.55. The van der Waals surface area contributed by atoms with Gasteiger partial charge in [0.25, 0.3) is 0 Å². The van der Waals surface area contributed by atoms with Gasteiger partial charge >= 0.3 is 0 Å². The van der Waals surface area contributed by atoms with Crippen LogP contribution in [0.2, 0.25) is 0 Å². The van der Waals surface area contributed by atoms with Gasteiger partial charge in [0.1, 0.15) is 0 Å². The maximum Gasteiger partial charge on any atom is 0.228 e. The summed E-state index contributed by atoms with van der Waals surface area (Å²) in [5.74, 6) is 0.103. The van der Waals surface area contributed by atoms with Gasteiger partial charge in [0.15, 0.2) is 0 Å². The molecule has 0 aliphatic carbocycles. The summed E-state index contributed by atoms with van der Waals surface area (Å²) in [7, 11) is 0. The molecule has 0 spiro atoms. The van der Waals surface area contributed by atoms with E-state index in [1.165, 1.54) is 0 Å². The molecule has 0 bridgehead atoms. The Hall–Kier alpha value is -2.10. The molecule has 1 heterocycles. The van der Waals surface area contributed by atoms with Crippen LogP contribution in [0.4, 0.5) is 5.69 Å². The summed E-state index contributed by atoms with van der Waals surface area (Å²) in [6.07, 6.45) is 0.325. The highest BCUT2D eigenvalue weighted by molar-refractivity contribution is 5.89. The molecular weight excluding hydrogens is 238 g/mol. The third-order valence-corrected chi connectivity index (χ3v) is 3.26. The fourth-order valence-corrected chi connectivity index (χ4v) is 2.15. The molecule has 2 N–H and O–H groups in total. The van der Waals surface area contributed by atoms with E-state index in [0.717, 1.165) is 29.7 Å². The average Bonchev–Trinajstić information content (AvgIpc) is 2.41. The summed E-state index contributed by atoms with van der Waals surface area (Å²) < 4.78 is 0. The van der Waals surface area contributed by atoms with Crippen LogP contribution in [0.3, 0.4) is 0 Å². The Kier molecular flexibility index (Phi) is 4.00. The van der Waals surface area contributed by atoms with E-state index < -0.39 is 0 Å². The third kappa shape index (κ3) is 2.84. The molecular formula is C15H19N3O. The molecule has 2 aromatic rings. The number of pyridine rings is 1. The number of likely N-dealkylation sites (N-methyl/N-ethyl adjacent to an activating group) is 1. The van der Waals surface area contributed by atoms with E-state index in [4.69, 9.17) is 5.73 Å². The summed E-state index contributed by atoms with van der Waals surface area (Å²) in [4.78, 5) is 18.3. The quantitative estimate of drug-likeness (QED) is 0.854. The Morgan fingerprint density at radius 1 is 1.21 bits per heavy atom. The van der Waals surface area contributed by atoms with E-state index in [2.05, 4.69) is 4.98 Å². The first-order valence-electron chi connectivity index (χ1n) is 6.57. The number of hydrogen-bond acceptors (Lipinski definition) is 3. The number of amides is 1. The minimum atomic E-state index is 0.103. The lowest BCUT2D eigenvalue weighted by Crippen LogP contribution is -2.31. The van der Waals surface area contributed by atoms with Crippen LogP contribution < -0.4 is 5.73 Å². The number of benzene rings is 1. The Labute approximate surface area is 113 Å². The number of nitrogens with two attached hydrogens (primary N) is 1. The molecule has 4 nitrogen and oxygen atoms in total. The van der Waals surface area contributed by atoms with E-state index in [0.29, 0.717) is 12.1 Å². The molecule has 19 heavy (non-hydrogen) atoms. The van der Waals surface area contributed by atoms with E-state index >= 15 is 0 Å². The zero-order valence-corrected chi connectivity index (χ0v) is 11.4. The number of nitrogens with zero attached hydrogens (tertiary/aromatic N) is 2. The van der Waals surface area contributed by atoms with Gasteiger partial charge in [0, 0.05) is 18.5 Å². The Balaban J connectivity index is 2.27. The predicted molar refractivity (Wildman–Crippen MR) is 77.8 cm³/mol. The molecule has 1 aromatic carbocycles. The molecule has 0 radical (unpaired) electrons. The van der Waals surface area contributed by atoms with Crippen molar-refractivity contribution >= 4 is 22.5 Å². The standard InChI is InChI=1S/C15H19N3O/c1-3-18(4-2)14(19)10-12-9-8-11-6-5-7-13(16)15(11)17-12/h5-9H,3-4,10,16H2,1-2H3. The highest BCUT2D eigenvalue weighted by atomic mass is 16.2. The molecule has 4 heteroatoms. The minimum absolute atomic E-state index is 0.103.